The van der Waals surface area contributed by atoms with E-state index in [0.29, 0.717) is 13.1 Å². The fraction of sp³-hybridized carbons (Fsp3) is 0.333. The van der Waals surface area contributed by atoms with Crippen LogP contribution in [0.5, 0.6) is 5.75 Å². The number of anilines is 1. The van der Waals surface area contributed by atoms with Gasteiger partial charge in [0.1, 0.15) is 5.75 Å². The van der Waals surface area contributed by atoms with Crippen LogP contribution in [0.3, 0.4) is 0 Å². The summed E-state index contributed by atoms with van der Waals surface area (Å²) in [5.74, 6) is -1.95. The number of halogens is 4. The molecule has 0 unspecified atom stereocenters. The molecule has 27 heavy (non-hydrogen) atoms. The first kappa shape index (κ1) is 19.1. The third kappa shape index (κ3) is 4.94. The minimum atomic E-state index is -4.62. The molecule has 1 amide bonds. The number of carbonyl (C=O) groups is 1. The standard InChI is InChI=1S/C18H17F4N3O2/c19-16-15(5-4-6-23-16)17(26)24-13-9-12(18(20,21)22)10-14(11-13)27-25-7-2-1-3-8-25/h4-6,9-11H,1-3,7-8H2,(H,24,26). The summed E-state index contributed by atoms with van der Waals surface area (Å²) in [6, 6.07) is 5.46. The molecule has 2 aromatic rings. The second-order valence-corrected chi connectivity index (χ2v) is 6.12. The van der Waals surface area contributed by atoms with E-state index < -0.39 is 23.6 Å². The molecule has 1 aliphatic rings. The lowest BCUT2D eigenvalue weighted by molar-refractivity contribution is -0.138. The van der Waals surface area contributed by atoms with E-state index in [1.54, 1.807) is 5.06 Å². The van der Waals surface area contributed by atoms with Crippen molar-refractivity contribution in [3.05, 3.63) is 53.6 Å². The number of nitrogens with one attached hydrogen (secondary N) is 1. The first-order valence-electron chi connectivity index (χ1n) is 8.40. The summed E-state index contributed by atoms with van der Waals surface area (Å²) in [5.41, 5.74) is -1.49. The fourth-order valence-corrected chi connectivity index (χ4v) is 2.75. The van der Waals surface area contributed by atoms with E-state index in [1.807, 2.05) is 0 Å². The lowest BCUT2D eigenvalue weighted by Gasteiger charge is -2.26. The molecule has 3 rings (SSSR count). The Morgan fingerprint density at radius 2 is 1.89 bits per heavy atom. The highest BCUT2D eigenvalue weighted by Gasteiger charge is 2.32. The molecule has 1 aromatic heterocycles. The van der Waals surface area contributed by atoms with Crippen molar-refractivity contribution in [3.8, 4) is 5.75 Å². The monoisotopic (exact) mass is 383 g/mol. The summed E-state index contributed by atoms with van der Waals surface area (Å²) in [5, 5.41) is 3.86. The third-order valence-electron chi connectivity index (χ3n) is 4.04. The van der Waals surface area contributed by atoms with Crippen LogP contribution in [0.1, 0.15) is 35.2 Å². The Kier molecular flexibility index (Phi) is 5.59. The second-order valence-electron chi connectivity index (χ2n) is 6.12. The van der Waals surface area contributed by atoms with Crippen LogP contribution >= 0.6 is 0 Å². The average Bonchev–Trinajstić information content (AvgIpc) is 2.62. The number of aromatic nitrogens is 1. The van der Waals surface area contributed by atoms with Gasteiger partial charge in [0.05, 0.1) is 11.1 Å². The molecule has 1 N–H and O–H groups in total. The van der Waals surface area contributed by atoms with E-state index in [4.69, 9.17) is 4.84 Å². The molecule has 5 nitrogen and oxygen atoms in total. The lowest BCUT2D eigenvalue weighted by atomic mass is 10.1. The largest absolute Gasteiger partial charge is 0.416 e. The first-order valence-corrected chi connectivity index (χ1v) is 8.40. The van der Waals surface area contributed by atoms with E-state index in [9.17, 15) is 22.4 Å². The van der Waals surface area contributed by atoms with Crippen molar-refractivity contribution in [3.63, 3.8) is 0 Å². The van der Waals surface area contributed by atoms with E-state index in [-0.39, 0.29) is 17.0 Å². The number of carbonyl (C=O) groups excluding carboxylic acids is 1. The maximum Gasteiger partial charge on any atom is 0.416 e. The molecular formula is C18H17F4N3O2. The van der Waals surface area contributed by atoms with Crippen LogP contribution in [-0.2, 0) is 6.18 Å². The highest BCUT2D eigenvalue weighted by atomic mass is 19.4. The molecule has 0 saturated carbocycles. The summed E-state index contributed by atoms with van der Waals surface area (Å²) >= 11 is 0. The van der Waals surface area contributed by atoms with Crippen LogP contribution in [-0.4, -0.2) is 29.0 Å². The molecule has 1 aromatic carbocycles. The number of hydrogen-bond acceptors (Lipinski definition) is 4. The van der Waals surface area contributed by atoms with E-state index >= 15 is 0 Å². The van der Waals surface area contributed by atoms with Crippen LogP contribution in [0.2, 0.25) is 0 Å². The molecular weight excluding hydrogens is 366 g/mol. The summed E-state index contributed by atoms with van der Waals surface area (Å²) in [6.45, 7) is 1.22. The Morgan fingerprint density at radius 3 is 2.56 bits per heavy atom. The minimum absolute atomic E-state index is 0.0475. The molecule has 0 aliphatic carbocycles. The molecule has 0 atom stereocenters. The van der Waals surface area contributed by atoms with Crippen molar-refractivity contribution < 1.29 is 27.2 Å². The number of hydroxylamine groups is 2. The fourth-order valence-electron chi connectivity index (χ4n) is 2.75. The first-order chi connectivity index (χ1) is 12.8. The molecule has 0 bridgehead atoms. The van der Waals surface area contributed by atoms with Crippen molar-refractivity contribution in [2.24, 2.45) is 0 Å². The molecule has 0 spiro atoms. The van der Waals surface area contributed by atoms with Crippen LogP contribution in [0, 0.1) is 5.95 Å². The van der Waals surface area contributed by atoms with Gasteiger partial charge in [-0.25, -0.2) is 4.98 Å². The van der Waals surface area contributed by atoms with Crippen molar-refractivity contribution >= 4 is 11.6 Å². The Balaban J connectivity index is 1.85. The Bertz CT molecular complexity index is 820. The summed E-state index contributed by atoms with van der Waals surface area (Å²) in [7, 11) is 0. The average molecular weight is 383 g/mol. The van der Waals surface area contributed by atoms with E-state index in [2.05, 4.69) is 10.3 Å². The SMILES string of the molecule is O=C(Nc1cc(ON2CCCCC2)cc(C(F)(F)F)c1)c1cccnc1F. The van der Waals surface area contributed by atoms with Crippen LogP contribution in [0.25, 0.3) is 0 Å². The van der Waals surface area contributed by atoms with Crippen molar-refractivity contribution in [2.75, 3.05) is 18.4 Å². The maximum atomic E-state index is 13.6. The molecule has 0 radical (unpaired) electrons. The highest BCUT2D eigenvalue weighted by molar-refractivity contribution is 6.04. The van der Waals surface area contributed by atoms with Gasteiger partial charge in [-0.1, -0.05) is 6.42 Å². The lowest BCUT2D eigenvalue weighted by Crippen LogP contribution is -2.32. The molecule has 1 fully saturated rings. The molecule has 1 saturated heterocycles. The summed E-state index contributed by atoms with van der Waals surface area (Å²) in [6.07, 6.45) is -0.632. The van der Waals surface area contributed by atoms with Crippen molar-refractivity contribution in [1.82, 2.24) is 10.0 Å². The summed E-state index contributed by atoms with van der Waals surface area (Å²) < 4.78 is 53.2. The van der Waals surface area contributed by atoms with Crippen molar-refractivity contribution in [1.29, 1.82) is 0 Å². The Morgan fingerprint density at radius 1 is 1.15 bits per heavy atom. The molecule has 2 heterocycles. The maximum absolute atomic E-state index is 13.6. The van der Waals surface area contributed by atoms with E-state index in [0.717, 1.165) is 31.4 Å². The Labute approximate surface area is 152 Å². The van der Waals surface area contributed by atoms with Gasteiger partial charge >= 0.3 is 6.18 Å². The number of piperidine rings is 1. The minimum Gasteiger partial charge on any atom is -0.406 e. The zero-order valence-corrected chi connectivity index (χ0v) is 14.2. The van der Waals surface area contributed by atoms with Crippen LogP contribution < -0.4 is 10.2 Å². The zero-order valence-electron chi connectivity index (χ0n) is 14.2. The van der Waals surface area contributed by atoms with E-state index in [1.165, 1.54) is 24.4 Å². The van der Waals surface area contributed by atoms with Crippen LogP contribution in [0.15, 0.2) is 36.5 Å². The normalized spacial score (nSPS) is 15.4. The van der Waals surface area contributed by atoms with Gasteiger partial charge in [0, 0.05) is 31.0 Å². The van der Waals surface area contributed by atoms with Gasteiger partial charge in [-0.3, -0.25) is 4.79 Å². The predicted octanol–water partition coefficient (Wildman–Crippen LogP) is 4.27. The summed E-state index contributed by atoms with van der Waals surface area (Å²) in [4.78, 5) is 21.1. The number of amides is 1. The molecule has 9 heteroatoms. The zero-order chi connectivity index (χ0) is 19.4. The number of benzene rings is 1. The van der Waals surface area contributed by atoms with Gasteiger partial charge in [0.2, 0.25) is 5.95 Å². The topological polar surface area (TPSA) is 54.5 Å². The predicted molar refractivity (Wildman–Crippen MR) is 89.6 cm³/mol. The van der Waals surface area contributed by atoms with Crippen LogP contribution in [0.4, 0.5) is 23.2 Å². The van der Waals surface area contributed by atoms with Gasteiger partial charge in [-0.15, -0.1) is 5.06 Å². The molecule has 1 aliphatic heterocycles. The molecule has 144 valence electrons. The quantitative estimate of drug-likeness (QED) is 0.633. The number of rotatable bonds is 4. The second kappa shape index (κ2) is 7.91. The van der Waals surface area contributed by atoms with Gasteiger partial charge in [-0.05, 0) is 37.1 Å². The highest BCUT2D eigenvalue weighted by Crippen LogP contribution is 2.34. The number of hydrogen-bond donors (Lipinski definition) is 1. The smallest absolute Gasteiger partial charge is 0.406 e. The van der Waals surface area contributed by atoms with Gasteiger partial charge in [0.25, 0.3) is 5.91 Å². The number of nitrogens with zero attached hydrogens (tertiary/aromatic N) is 2. The third-order valence-corrected chi connectivity index (χ3v) is 4.04. The Hall–Kier alpha value is -2.68. The van der Waals surface area contributed by atoms with Gasteiger partial charge < -0.3 is 10.2 Å². The number of pyridine rings is 1. The number of alkyl halides is 3. The van der Waals surface area contributed by atoms with Gasteiger partial charge in [0.15, 0.2) is 0 Å². The van der Waals surface area contributed by atoms with Gasteiger partial charge in [-0.2, -0.15) is 17.6 Å². The van der Waals surface area contributed by atoms with Crippen molar-refractivity contribution in [2.45, 2.75) is 25.4 Å².